The molecule has 0 heterocycles. The maximum atomic E-state index is 10.6. The molecule has 0 saturated carbocycles. The van der Waals surface area contributed by atoms with Gasteiger partial charge in [0.15, 0.2) is 5.44 Å². The Kier molecular flexibility index (Phi) is 3.10. The van der Waals surface area contributed by atoms with Gasteiger partial charge in [0.1, 0.15) is 0 Å². The Bertz CT molecular complexity index is 159. The van der Waals surface area contributed by atoms with Crippen molar-refractivity contribution in [3.63, 3.8) is 0 Å². The molecule has 0 spiro atoms. The summed E-state index contributed by atoms with van der Waals surface area (Å²) in [4.78, 5) is 0. The van der Waals surface area contributed by atoms with Gasteiger partial charge in [0.05, 0.1) is 7.11 Å². The first-order valence-corrected chi connectivity index (χ1v) is 3.84. The average molecular weight is 154 g/mol. The second kappa shape index (κ2) is 3.14. The predicted octanol–water partition coefficient (Wildman–Crippen LogP) is -0.0450. The molecule has 5 heteroatoms. The highest BCUT2D eigenvalue weighted by Gasteiger charge is 2.18. The molecule has 0 bridgehead atoms. The molecule has 9 heavy (non-hydrogen) atoms. The van der Waals surface area contributed by atoms with Crippen LogP contribution in [-0.2, 0) is 19.0 Å². The van der Waals surface area contributed by atoms with Crippen molar-refractivity contribution in [1.82, 2.24) is 0 Å². The average Bonchev–Trinajstić information content (AvgIpc) is 1.86. The zero-order valence-corrected chi connectivity index (χ0v) is 6.44. The van der Waals surface area contributed by atoms with Crippen LogP contribution in [-0.4, -0.2) is 28.1 Å². The maximum Gasteiger partial charge on any atom is 0.294 e. The van der Waals surface area contributed by atoms with Gasteiger partial charge in [-0.05, 0) is 6.92 Å². The number of methoxy groups -OCH3 is 1. The first-order valence-electron chi connectivity index (χ1n) is 2.37. The van der Waals surface area contributed by atoms with Crippen LogP contribution in [0, 0.1) is 0 Å². The minimum atomic E-state index is -3.47. The van der Waals surface area contributed by atoms with Crippen LogP contribution in [0.4, 0.5) is 0 Å². The minimum absolute atomic E-state index is 0.887. The molecular weight excluding hydrogens is 144 g/mol. The van der Waals surface area contributed by atoms with Gasteiger partial charge in [-0.25, -0.2) is 0 Å². The van der Waals surface area contributed by atoms with E-state index in [4.69, 9.17) is 0 Å². The number of rotatable bonds is 3. The van der Waals surface area contributed by atoms with Crippen LogP contribution in [0.2, 0.25) is 0 Å². The van der Waals surface area contributed by atoms with Crippen molar-refractivity contribution in [3.05, 3.63) is 0 Å². The Morgan fingerprint density at radius 2 is 1.78 bits per heavy atom. The zero-order valence-electron chi connectivity index (χ0n) is 5.62. The van der Waals surface area contributed by atoms with Crippen LogP contribution in [0.15, 0.2) is 0 Å². The third-order valence-corrected chi connectivity index (χ3v) is 2.44. The molecule has 1 atom stereocenters. The lowest BCUT2D eigenvalue weighted by Crippen LogP contribution is -2.20. The molecule has 0 aromatic rings. The molecule has 0 fully saturated rings. The lowest BCUT2D eigenvalue weighted by molar-refractivity contribution is 0.164. The fourth-order valence-electron chi connectivity index (χ4n) is 0.253. The molecule has 0 aliphatic heterocycles. The summed E-state index contributed by atoms with van der Waals surface area (Å²) < 4.78 is 29.8. The standard InChI is InChI=1S/C4H10O4S/c1-4(7-2)9(5,6)8-3/h4H,1-3H3. The summed E-state index contributed by atoms with van der Waals surface area (Å²) in [6.45, 7) is 1.40. The summed E-state index contributed by atoms with van der Waals surface area (Å²) in [6.07, 6.45) is 0. The summed E-state index contributed by atoms with van der Waals surface area (Å²) in [7, 11) is -1.06. The number of hydrogen-bond acceptors (Lipinski definition) is 4. The van der Waals surface area contributed by atoms with Gasteiger partial charge in [-0.3, -0.25) is 4.18 Å². The SMILES string of the molecule is COC(C)S(=O)(=O)OC. The fourth-order valence-corrected chi connectivity index (χ4v) is 0.760. The molecule has 0 radical (unpaired) electrons. The summed E-state index contributed by atoms with van der Waals surface area (Å²) in [6, 6.07) is 0. The Hall–Kier alpha value is -0.130. The molecule has 0 aliphatic rings. The topological polar surface area (TPSA) is 52.6 Å². The Morgan fingerprint density at radius 3 is 1.89 bits per heavy atom. The van der Waals surface area contributed by atoms with Crippen LogP contribution >= 0.6 is 0 Å². The number of ether oxygens (including phenoxy) is 1. The highest BCUT2D eigenvalue weighted by atomic mass is 32.2. The molecule has 0 rings (SSSR count). The van der Waals surface area contributed by atoms with Gasteiger partial charge in [0.2, 0.25) is 0 Å². The largest absolute Gasteiger partial charge is 0.363 e. The van der Waals surface area contributed by atoms with Crippen LogP contribution in [0.1, 0.15) is 6.92 Å². The maximum absolute atomic E-state index is 10.6. The quantitative estimate of drug-likeness (QED) is 0.535. The lowest BCUT2D eigenvalue weighted by Gasteiger charge is -2.06. The van der Waals surface area contributed by atoms with Gasteiger partial charge >= 0.3 is 0 Å². The third-order valence-electron chi connectivity index (χ3n) is 0.971. The minimum Gasteiger partial charge on any atom is -0.363 e. The summed E-state index contributed by atoms with van der Waals surface area (Å²) in [5.41, 5.74) is -0.887. The first kappa shape index (κ1) is 8.87. The van der Waals surface area contributed by atoms with E-state index in [0.29, 0.717) is 0 Å². The number of hydrogen-bond donors (Lipinski definition) is 0. The van der Waals surface area contributed by atoms with E-state index in [2.05, 4.69) is 8.92 Å². The van der Waals surface area contributed by atoms with Crippen LogP contribution in [0.3, 0.4) is 0 Å². The van der Waals surface area contributed by atoms with E-state index < -0.39 is 15.6 Å². The van der Waals surface area contributed by atoms with Crippen molar-refractivity contribution in [1.29, 1.82) is 0 Å². The fraction of sp³-hybridized carbons (Fsp3) is 1.00. The highest BCUT2D eigenvalue weighted by molar-refractivity contribution is 7.87. The molecule has 1 unspecified atom stereocenters. The van der Waals surface area contributed by atoms with Crippen molar-refractivity contribution in [2.45, 2.75) is 12.4 Å². The van der Waals surface area contributed by atoms with Crippen molar-refractivity contribution in [2.24, 2.45) is 0 Å². The van der Waals surface area contributed by atoms with E-state index in [1.165, 1.54) is 14.0 Å². The van der Waals surface area contributed by atoms with Gasteiger partial charge < -0.3 is 4.74 Å². The molecule has 4 nitrogen and oxygen atoms in total. The van der Waals surface area contributed by atoms with Crippen molar-refractivity contribution < 1.29 is 17.3 Å². The summed E-state index contributed by atoms with van der Waals surface area (Å²) >= 11 is 0. The monoisotopic (exact) mass is 154 g/mol. The van der Waals surface area contributed by atoms with E-state index in [0.717, 1.165) is 7.11 Å². The van der Waals surface area contributed by atoms with Crippen LogP contribution in [0.5, 0.6) is 0 Å². The molecule has 0 N–H and O–H groups in total. The van der Waals surface area contributed by atoms with E-state index in [9.17, 15) is 8.42 Å². The van der Waals surface area contributed by atoms with Crippen LogP contribution < -0.4 is 0 Å². The Balaban J connectivity index is 4.17. The first-order chi connectivity index (χ1) is 4.04. The van der Waals surface area contributed by atoms with Crippen molar-refractivity contribution in [3.8, 4) is 0 Å². The normalized spacial score (nSPS) is 15.4. The summed E-state index contributed by atoms with van der Waals surface area (Å²) in [5.74, 6) is 0. The molecule has 0 amide bonds. The molecule has 0 aliphatic carbocycles. The van der Waals surface area contributed by atoms with E-state index in [1.54, 1.807) is 0 Å². The van der Waals surface area contributed by atoms with E-state index in [-0.39, 0.29) is 0 Å². The van der Waals surface area contributed by atoms with Gasteiger partial charge in [-0.15, -0.1) is 0 Å². The van der Waals surface area contributed by atoms with Gasteiger partial charge in [-0.1, -0.05) is 0 Å². The molecular formula is C4H10O4S. The van der Waals surface area contributed by atoms with Crippen molar-refractivity contribution in [2.75, 3.05) is 14.2 Å². The Morgan fingerprint density at radius 1 is 1.33 bits per heavy atom. The predicted molar refractivity (Wildman–Crippen MR) is 32.4 cm³/mol. The second-order valence-electron chi connectivity index (χ2n) is 1.46. The molecule has 0 saturated heterocycles. The van der Waals surface area contributed by atoms with E-state index in [1.807, 2.05) is 0 Å². The van der Waals surface area contributed by atoms with Crippen molar-refractivity contribution >= 4 is 10.1 Å². The molecule has 0 aromatic carbocycles. The zero-order chi connectivity index (χ0) is 7.49. The van der Waals surface area contributed by atoms with Gasteiger partial charge in [0.25, 0.3) is 10.1 Å². The van der Waals surface area contributed by atoms with Gasteiger partial charge in [0, 0.05) is 7.11 Å². The summed E-state index contributed by atoms with van der Waals surface area (Å²) in [5, 5.41) is 0. The second-order valence-corrected chi connectivity index (χ2v) is 3.45. The highest BCUT2D eigenvalue weighted by Crippen LogP contribution is 2.00. The van der Waals surface area contributed by atoms with Gasteiger partial charge in [-0.2, -0.15) is 8.42 Å². The molecule has 56 valence electrons. The molecule has 0 aromatic heterocycles. The Labute approximate surface area is 54.9 Å². The van der Waals surface area contributed by atoms with E-state index >= 15 is 0 Å². The third kappa shape index (κ3) is 2.30. The smallest absolute Gasteiger partial charge is 0.294 e. The van der Waals surface area contributed by atoms with Crippen LogP contribution in [0.25, 0.3) is 0 Å². The lowest BCUT2D eigenvalue weighted by atomic mass is 10.9.